The molecule has 1 aromatic heterocycles. The third-order valence-electron chi connectivity index (χ3n) is 3.48. The predicted octanol–water partition coefficient (Wildman–Crippen LogP) is 4.43. The average molecular weight is 247 g/mol. The van der Waals surface area contributed by atoms with Gasteiger partial charge in [-0.3, -0.25) is 4.98 Å². The van der Waals surface area contributed by atoms with E-state index in [1.165, 1.54) is 22.4 Å². The van der Waals surface area contributed by atoms with Crippen LogP contribution in [0.2, 0.25) is 0 Å². The Hall–Kier alpha value is -2.15. The van der Waals surface area contributed by atoms with E-state index >= 15 is 0 Å². The minimum atomic E-state index is 1.03. The van der Waals surface area contributed by atoms with Gasteiger partial charge in [0.15, 0.2) is 0 Å². The lowest BCUT2D eigenvalue weighted by atomic mass is 10.1. The lowest BCUT2D eigenvalue weighted by Crippen LogP contribution is -1.90. The highest BCUT2D eigenvalue weighted by molar-refractivity contribution is 5.77. The van der Waals surface area contributed by atoms with Crippen LogP contribution in [0.3, 0.4) is 0 Å². The van der Waals surface area contributed by atoms with Gasteiger partial charge >= 0.3 is 0 Å². The Morgan fingerprint density at radius 1 is 0.895 bits per heavy atom. The first kappa shape index (κ1) is 11.9. The largest absolute Gasteiger partial charge is 0.261 e. The van der Waals surface area contributed by atoms with Gasteiger partial charge in [0, 0.05) is 11.9 Å². The van der Waals surface area contributed by atoms with Crippen LogP contribution in [-0.4, -0.2) is 4.98 Å². The summed E-state index contributed by atoms with van der Waals surface area (Å²) >= 11 is 0. The Morgan fingerprint density at radius 2 is 1.74 bits per heavy atom. The van der Waals surface area contributed by atoms with Crippen LogP contribution in [-0.2, 0) is 6.42 Å². The Morgan fingerprint density at radius 3 is 2.53 bits per heavy atom. The monoisotopic (exact) mass is 247 g/mol. The van der Waals surface area contributed by atoms with Crippen LogP contribution in [0.25, 0.3) is 5.57 Å². The molecule has 0 saturated carbocycles. The molecule has 0 bridgehead atoms. The number of benzene rings is 1. The molecular formula is C18H17N. The van der Waals surface area contributed by atoms with E-state index in [2.05, 4.69) is 59.6 Å². The first-order valence-electron chi connectivity index (χ1n) is 6.77. The molecule has 0 unspecified atom stereocenters. The fourth-order valence-electron chi connectivity index (χ4n) is 2.42. The van der Waals surface area contributed by atoms with Crippen molar-refractivity contribution in [2.75, 3.05) is 0 Å². The number of aryl methyl sites for hydroxylation is 1. The smallest absolute Gasteiger partial charge is 0.0406 e. The lowest BCUT2D eigenvalue weighted by Gasteiger charge is -2.01. The topological polar surface area (TPSA) is 12.9 Å². The first-order valence-corrected chi connectivity index (χ1v) is 6.77. The molecule has 94 valence electrons. The van der Waals surface area contributed by atoms with Crippen LogP contribution in [0, 0.1) is 0 Å². The lowest BCUT2D eigenvalue weighted by molar-refractivity contribution is 0.884. The maximum atomic E-state index is 4.37. The molecule has 0 fully saturated rings. The number of rotatable bonds is 4. The molecule has 1 nitrogen and oxygen atoms in total. The Labute approximate surface area is 114 Å². The third-order valence-corrected chi connectivity index (χ3v) is 3.48. The highest BCUT2D eigenvalue weighted by Crippen LogP contribution is 2.28. The maximum absolute atomic E-state index is 4.37. The number of hydrogen-bond acceptors (Lipinski definition) is 1. The summed E-state index contributed by atoms with van der Waals surface area (Å²) in [6, 6.07) is 16.7. The molecular weight excluding hydrogens is 230 g/mol. The van der Waals surface area contributed by atoms with Crippen LogP contribution in [0.4, 0.5) is 0 Å². The molecule has 2 aromatic rings. The highest BCUT2D eigenvalue weighted by Gasteiger charge is 2.08. The summed E-state index contributed by atoms with van der Waals surface area (Å²) in [7, 11) is 0. The molecule has 0 aliphatic heterocycles. The van der Waals surface area contributed by atoms with Crippen LogP contribution < -0.4 is 0 Å². The number of nitrogens with zero attached hydrogens (tertiary/aromatic N) is 1. The van der Waals surface area contributed by atoms with Crippen molar-refractivity contribution in [3.05, 3.63) is 83.7 Å². The fourth-order valence-corrected chi connectivity index (χ4v) is 2.42. The van der Waals surface area contributed by atoms with Crippen LogP contribution in [0.15, 0.2) is 72.5 Å². The van der Waals surface area contributed by atoms with E-state index in [0.717, 1.165) is 19.3 Å². The first-order chi connectivity index (χ1) is 9.42. The van der Waals surface area contributed by atoms with Gasteiger partial charge in [-0.15, -0.1) is 0 Å². The second-order valence-electron chi connectivity index (χ2n) is 4.85. The number of aromatic nitrogens is 1. The molecule has 1 aliphatic carbocycles. The second kappa shape index (κ2) is 5.66. The molecule has 0 atom stereocenters. The van der Waals surface area contributed by atoms with E-state index in [1.54, 1.807) is 0 Å². The SMILES string of the molecule is C1=C(CCc2ccccn2)CC=C1c1ccccc1. The Balaban J connectivity index is 1.63. The summed E-state index contributed by atoms with van der Waals surface area (Å²) in [5, 5.41) is 0. The van der Waals surface area contributed by atoms with Gasteiger partial charge < -0.3 is 0 Å². The molecule has 0 amide bonds. The number of hydrogen-bond donors (Lipinski definition) is 0. The van der Waals surface area contributed by atoms with Gasteiger partial charge in [0.05, 0.1) is 0 Å². The predicted molar refractivity (Wildman–Crippen MR) is 79.7 cm³/mol. The van der Waals surface area contributed by atoms with Crippen LogP contribution in [0.5, 0.6) is 0 Å². The minimum absolute atomic E-state index is 1.03. The van der Waals surface area contributed by atoms with Gasteiger partial charge in [-0.1, -0.05) is 54.1 Å². The molecule has 0 saturated heterocycles. The summed E-state index contributed by atoms with van der Waals surface area (Å²) < 4.78 is 0. The van der Waals surface area contributed by atoms with E-state index in [4.69, 9.17) is 0 Å². The Kier molecular flexibility index (Phi) is 3.55. The Bertz CT molecular complexity index is 594. The van der Waals surface area contributed by atoms with Crippen molar-refractivity contribution in [1.82, 2.24) is 4.98 Å². The van der Waals surface area contributed by atoms with Gasteiger partial charge in [-0.05, 0) is 42.5 Å². The molecule has 19 heavy (non-hydrogen) atoms. The molecule has 0 radical (unpaired) electrons. The van der Waals surface area contributed by atoms with Crippen LogP contribution >= 0.6 is 0 Å². The van der Waals surface area contributed by atoms with Gasteiger partial charge in [0.25, 0.3) is 0 Å². The van der Waals surface area contributed by atoms with Gasteiger partial charge in [-0.2, -0.15) is 0 Å². The van der Waals surface area contributed by atoms with Crippen molar-refractivity contribution in [2.45, 2.75) is 19.3 Å². The number of pyridine rings is 1. The zero-order valence-corrected chi connectivity index (χ0v) is 10.9. The quantitative estimate of drug-likeness (QED) is 0.779. The van der Waals surface area contributed by atoms with Crippen LogP contribution in [0.1, 0.15) is 24.1 Å². The summed E-state index contributed by atoms with van der Waals surface area (Å²) in [5.74, 6) is 0. The average Bonchev–Trinajstić information content (AvgIpc) is 2.96. The van der Waals surface area contributed by atoms with E-state index in [0.29, 0.717) is 0 Å². The summed E-state index contributed by atoms with van der Waals surface area (Å²) in [4.78, 5) is 4.37. The van der Waals surface area contributed by atoms with Gasteiger partial charge in [0.2, 0.25) is 0 Å². The number of allylic oxidation sites excluding steroid dienone is 4. The van der Waals surface area contributed by atoms with Crippen molar-refractivity contribution >= 4 is 5.57 Å². The van der Waals surface area contributed by atoms with E-state index in [1.807, 2.05) is 12.3 Å². The molecule has 1 aromatic carbocycles. The summed E-state index contributed by atoms with van der Waals surface area (Å²) in [6.45, 7) is 0. The van der Waals surface area contributed by atoms with Crippen molar-refractivity contribution < 1.29 is 0 Å². The molecule has 1 aliphatic rings. The highest BCUT2D eigenvalue weighted by atomic mass is 14.7. The van der Waals surface area contributed by atoms with E-state index in [9.17, 15) is 0 Å². The van der Waals surface area contributed by atoms with E-state index in [-0.39, 0.29) is 0 Å². The summed E-state index contributed by atoms with van der Waals surface area (Å²) in [6.07, 6.45) is 9.73. The van der Waals surface area contributed by atoms with Gasteiger partial charge in [0.1, 0.15) is 0 Å². The van der Waals surface area contributed by atoms with Gasteiger partial charge in [-0.25, -0.2) is 0 Å². The second-order valence-corrected chi connectivity index (χ2v) is 4.85. The third kappa shape index (κ3) is 3.00. The maximum Gasteiger partial charge on any atom is 0.0406 e. The fraction of sp³-hybridized carbons (Fsp3) is 0.167. The van der Waals surface area contributed by atoms with E-state index < -0.39 is 0 Å². The molecule has 0 spiro atoms. The molecule has 1 heterocycles. The van der Waals surface area contributed by atoms with Crippen molar-refractivity contribution in [3.8, 4) is 0 Å². The molecule has 3 rings (SSSR count). The van der Waals surface area contributed by atoms with Crippen molar-refractivity contribution in [1.29, 1.82) is 0 Å². The minimum Gasteiger partial charge on any atom is -0.261 e. The zero-order valence-electron chi connectivity index (χ0n) is 10.9. The zero-order chi connectivity index (χ0) is 12.9. The normalized spacial score (nSPS) is 14.1. The molecule has 0 N–H and O–H groups in total. The standard InChI is InChI=1S/C18H17N/c1-2-6-16(7-3-1)17-11-9-15(14-17)10-12-18-8-4-5-13-19-18/h1-8,11,13-14H,9-10,12H2. The molecule has 1 heteroatoms. The van der Waals surface area contributed by atoms with Crippen molar-refractivity contribution in [3.63, 3.8) is 0 Å². The summed E-state index contributed by atoms with van der Waals surface area (Å²) in [5.41, 5.74) is 5.35. The van der Waals surface area contributed by atoms with Crippen molar-refractivity contribution in [2.24, 2.45) is 0 Å².